The Balaban J connectivity index is 2.19. The number of aromatic nitrogens is 2. The first-order chi connectivity index (χ1) is 9.84. The Bertz CT molecular complexity index is 542. The van der Waals surface area contributed by atoms with Gasteiger partial charge >= 0.3 is 0 Å². The van der Waals surface area contributed by atoms with E-state index in [1.165, 1.54) is 0 Å². The predicted octanol–water partition coefficient (Wildman–Crippen LogP) is 1.21. The molecule has 21 heavy (non-hydrogen) atoms. The second-order valence-electron chi connectivity index (χ2n) is 6.40. The molecule has 6 heteroatoms. The fraction of sp³-hybridized carbons (Fsp3) is 0.667. The molecule has 1 aliphatic heterocycles. The molecule has 1 aliphatic rings. The molecule has 6 nitrogen and oxygen atoms in total. The zero-order valence-electron chi connectivity index (χ0n) is 13.2. The van der Waals surface area contributed by atoms with Crippen LogP contribution < -0.4 is 10.6 Å². The van der Waals surface area contributed by atoms with Gasteiger partial charge in [-0.2, -0.15) is 5.10 Å². The molecule has 1 fully saturated rings. The number of hydrogen-bond acceptors (Lipinski definition) is 3. The SMILES string of the molecule is CCc1c(C(=O)N[C@H]2CCCNC2=O)cnn1C(C)(C)C. The van der Waals surface area contributed by atoms with E-state index in [4.69, 9.17) is 0 Å². The standard InChI is InChI=1S/C15H24N4O2/c1-5-12-10(9-17-19(12)15(2,3)4)13(20)18-11-7-6-8-16-14(11)21/h9,11H,5-8H2,1-4H3,(H,16,21)(H,18,20)/t11-/m0/s1. The first kappa shape index (κ1) is 15.5. The molecule has 116 valence electrons. The molecular formula is C15H24N4O2. The molecule has 0 aromatic carbocycles. The van der Waals surface area contributed by atoms with E-state index in [2.05, 4.69) is 36.5 Å². The summed E-state index contributed by atoms with van der Waals surface area (Å²) < 4.78 is 1.88. The summed E-state index contributed by atoms with van der Waals surface area (Å²) in [5.74, 6) is -0.319. The van der Waals surface area contributed by atoms with Crippen LogP contribution in [0.1, 0.15) is 56.6 Å². The maximum atomic E-state index is 12.4. The van der Waals surface area contributed by atoms with Gasteiger partial charge < -0.3 is 10.6 Å². The van der Waals surface area contributed by atoms with E-state index in [1.807, 2.05) is 11.6 Å². The predicted molar refractivity (Wildman–Crippen MR) is 80.1 cm³/mol. The van der Waals surface area contributed by atoms with Crippen LogP contribution in [0.3, 0.4) is 0 Å². The van der Waals surface area contributed by atoms with Crippen LogP contribution in [0.2, 0.25) is 0 Å². The fourth-order valence-corrected chi connectivity index (χ4v) is 2.63. The van der Waals surface area contributed by atoms with Crippen LogP contribution in [-0.2, 0) is 16.8 Å². The van der Waals surface area contributed by atoms with Gasteiger partial charge in [-0.05, 0) is 40.0 Å². The Labute approximate surface area is 125 Å². The molecular weight excluding hydrogens is 268 g/mol. The summed E-state index contributed by atoms with van der Waals surface area (Å²) in [6.07, 6.45) is 3.89. The average Bonchev–Trinajstić information content (AvgIpc) is 2.85. The number of carbonyl (C=O) groups is 2. The molecule has 1 saturated heterocycles. The van der Waals surface area contributed by atoms with E-state index in [0.29, 0.717) is 18.5 Å². The average molecular weight is 292 g/mol. The minimum Gasteiger partial charge on any atom is -0.354 e. The highest BCUT2D eigenvalue weighted by atomic mass is 16.2. The second-order valence-corrected chi connectivity index (χ2v) is 6.40. The lowest BCUT2D eigenvalue weighted by Crippen LogP contribution is -2.50. The highest BCUT2D eigenvalue weighted by Crippen LogP contribution is 2.20. The number of piperidine rings is 1. The van der Waals surface area contributed by atoms with Gasteiger partial charge in [0.05, 0.1) is 23.0 Å². The normalized spacial score (nSPS) is 19.2. The van der Waals surface area contributed by atoms with Gasteiger partial charge in [0.25, 0.3) is 5.91 Å². The molecule has 1 aromatic heterocycles. The molecule has 0 spiro atoms. The third-order valence-corrected chi connectivity index (χ3v) is 3.67. The lowest BCUT2D eigenvalue weighted by atomic mass is 10.1. The topological polar surface area (TPSA) is 76.0 Å². The maximum absolute atomic E-state index is 12.4. The molecule has 0 radical (unpaired) electrons. The van der Waals surface area contributed by atoms with Crippen molar-refractivity contribution in [2.45, 2.75) is 58.5 Å². The molecule has 2 N–H and O–H groups in total. The minimum atomic E-state index is -0.436. The lowest BCUT2D eigenvalue weighted by Gasteiger charge is -2.24. The number of nitrogens with zero attached hydrogens (tertiary/aromatic N) is 2. The van der Waals surface area contributed by atoms with E-state index >= 15 is 0 Å². The molecule has 1 aromatic rings. The summed E-state index contributed by atoms with van der Waals surface area (Å²) in [5, 5.41) is 9.94. The van der Waals surface area contributed by atoms with E-state index in [0.717, 1.165) is 18.5 Å². The maximum Gasteiger partial charge on any atom is 0.255 e. The van der Waals surface area contributed by atoms with Crippen molar-refractivity contribution in [2.75, 3.05) is 6.54 Å². The summed E-state index contributed by atoms with van der Waals surface area (Å²) in [6, 6.07) is -0.436. The van der Waals surface area contributed by atoms with Crippen LogP contribution in [0.4, 0.5) is 0 Å². The Morgan fingerprint density at radius 2 is 2.24 bits per heavy atom. The van der Waals surface area contributed by atoms with Crippen molar-refractivity contribution in [3.05, 3.63) is 17.5 Å². The Kier molecular flexibility index (Phi) is 4.34. The van der Waals surface area contributed by atoms with Crippen molar-refractivity contribution < 1.29 is 9.59 Å². The number of carbonyl (C=O) groups excluding carboxylic acids is 2. The van der Waals surface area contributed by atoms with Crippen LogP contribution in [0.25, 0.3) is 0 Å². The van der Waals surface area contributed by atoms with Gasteiger partial charge in [0.1, 0.15) is 6.04 Å². The summed E-state index contributed by atoms with van der Waals surface area (Å²) >= 11 is 0. The summed E-state index contributed by atoms with van der Waals surface area (Å²) in [7, 11) is 0. The van der Waals surface area contributed by atoms with E-state index < -0.39 is 6.04 Å². The summed E-state index contributed by atoms with van der Waals surface area (Å²) in [4.78, 5) is 24.2. The summed E-state index contributed by atoms with van der Waals surface area (Å²) in [6.45, 7) is 8.84. The van der Waals surface area contributed by atoms with Crippen LogP contribution in [0.5, 0.6) is 0 Å². The lowest BCUT2D eigenvalue weighted by molar-refractivity contribution is -0.124. The molecule has 1 atom stereocenters. The van der Waals surface area contributed by atoms with E-state index in [9.17, 15) is 9.59 Å². The van der Waals surface area contributed by atoms with Gasteiger partial charge in [0.15, 0.2) is 0 Å². The molecule has 2 amide bonds. The highest BCUT2D eigenvalue weighted by Gasteiger charge is 2.27. The van der Waals surface area contributed by atoms with Crippen LogP contribution in [-0.4, -0.2) is 34.2 Å². The Hall–Kier alpha value is -1.85. The van der Waals surface area contributed by atoms with Crippen LogP contribution >= 0.6 is 0 Å². The molecule has 2 heterocycles. The number of rotatable bonds is 3. The second kappa shape index (κ2) is 5.87. The van der Waals surface area contributed by atoms with Gasteiger partial charge in [0.2, 0.25) is 5.91 Å². The zero-order chi connectivity index (χ0) is 15.6. The Morgan fingerprint density at radius 1 is 1.52 bits per heavy atom. The molecule has 0 saturated carbocycles. The van der Waals surface area contributed by atoms with Gasteiger partial charge in [-0.3, -0.25) is 14.3 Å². The van der Waals surface area contributed by atoms with Crippen molar-refractivity contribution in [1.82, 2.24) is 20.4 Å². The third-order valence-electron chi connectivity index (χ3n) is 3.67. The minimum absolute atomic E-state index is 0.101. The van der Waals surface area contributed by atoms with E-state index in [1.54, 1.807) is 6.20 Å². The number of nitrogens with one attached hydrogen (secondary N) is 2. The van der Waals surface area contributed by atoms with Crippen molar-refractivity contribution in [2.24, 2.45) is 0 Å². The van der Waals surface area contributed by atoms with Gasteiger partial charge in [-0.25, -0.2) is 0 Å². The molecule has 0 unspecified atom stereocenters. The fourth-order valence-electron chi connectivity index (χ4n) is 2.63. The monoisotopic (exact) mass is 292 g/mol. The van der Waals surface area contributed by atoms with Crippen molar-refractivity contribution >= 4 is 11.8 Å². The van der Waals surface area contributed by atoms with Crippen molar-refractivity contribution in [1.29, 1.82) is 0 Å². The number of amides is 2. The van der Waals surface area contributed by atoms with E-state index in [-0.39, 0.29) is 17.4 Å². The zero-order valence-corrected chi connectivity index (χ0v) is 13.2. The Morgan fingerprint density at radius 3 is 2.81 bits per heavy atom. The molecule has 2 rings (SSSR count). The largest absolute Gasteiger partial charge is 0.354 e. The summed E-state index contributed by atoms with van der Waals surface area (Å²) in [5.41, 5.74) is 1.29. The van der Waals surface area contributed by atoms with Gasteiger partial charge in [0, 0.05) is 6.54 Å². The van der Waals surface area contributed by atoms with Crippen molar-refractivity contribution in [3.63, 3.8) is 0 Å². The smallest absolute Gasteiger partial charge is 0.255 e. The van der Waals surface area contributed by atoms with Gasteiger partial charge in [-0.15, -0.1) is 0 Å². The first-order valence-corrected chi connectivity index (χ1v) is 7.50. The first-order valence-electron chi connectivity index (χ1n) is 7.50. The van der Waals surface area contributed by atoms with Crippen LogP contribution in [0.15, 0.2) is 6.20 Å². The van der Waals surface area contributed by atoms with Gasteiger partial charge in [-0.1, -0.05) is 6.92 Å². The van der Waals surface area contributed by atoms with Crippen LogP contribution in [0, 0.1) is 0 Å². The number of hydrogen-bond donors (Lipinski definition) is 2. The quantitative estimate of drug-likeness (QED) is 0.879. The molecule has 0 bridgehead atoms. The molecule has 0 aliphatic carbocycles. The third kappa shape index (κ3) is 3.25. The van der Waals surface area contributed by atoms with Crippen molar-refractivity contribution in [3.8, 4) is 0 Å². The highest BCUT2D eigenvalue weighted by molar-refractivity contribution is 5.98.